The molecular weight excluding hydrogens is 222 g/mol. The molecular formula is C16H25NO. The monoisotopic (exact) mass is 247 g/mol. The second-order valence-electron chi connectivity index (χ2n) is 5.78. The summed E-state index contributed by atoms with van der Waals surface area (Å²) < 4.78 is 5.79. The molecule has 0 amide bonds. The molecule has 1 saturated carbocycles. The van der Waals surface area contributed by atoms with Crippen LogP contribution in [0.3, 0.4) is 0 Å². The SMILES string of the molecule is CC(C)CNCc1ccc(OCC2CCC2)cc1. The van der Waals surface area contributed by atoms with Crippen molar-refractivity contribution < 1.29 is 4.74 Å². The van der Waals surface area contributed by atoms with Crippen molar-refractivity contribution in [3.05, 3.63) is 29.8 Å². The number of hydrogen-bond acceptors (Lipinski definition) is 2. The Morgan fingerprint density at radius 2 is 1.94 bits per heavy atom. The van der Waals surface area contributed by atoms with Gasteiger partial charge >= 0.3 is 0 Å². The zero-order chi connectivity index (χ0) is 12.8. The summed E-state index contributed by atoms with van der Waals surface area (Å²) in [7, 11) is 0. The molecule has 0 saturated heterocycles. The van der Waals surface area contributed by atoms with Crippen molar-refractivity contribution in [2.45, 2.75) is 39.7 Å². The number of rotatable bonds is 7. The highest BCUT2D eigenvalue weighted by Crippen LogP contribution is 2.27. The molecule has 0 atom stereocenters. The van der Waals surface area contributed by atoms with Gasteiger partial charge < -0.3 is 10.1 Å². The van der Waals surface area contributed by atoms with Gasteiger partial charge in [-0.15, -0.1) is 0 Å². The van der Waals surface area contributed by atoms with E-state index >= 15 is 0 Å². The van der Waals surface area contributed by atoms with Gasteiger partial charge in [-0.3, -0.25) is 0 Å². The molecule has 100 valence electrons. The first-order valence-corrected chi connectivity index (χ1v) is 7.16. The van der Waals surface area contributed by atoms with Crippen molar-refractivity contribution in [3.63, 3.8) is 0 Å². The van der Waals surface area contributed by atoms with Gasteiger partial charge in [-0.05, 0) is 48.9 Å². The first-order valence-electron chi connectivity index (χ1n) is 7.16. The fourth-order valence-electron chi connectivity index (χ4n) is 2.08. The van der Waals surface area contributed by atoms with Gasteiger partial charge in [-0.2, -0.15) is 0 Å². The molecule has 0 spiro atoms. The lowest BCUT2D eigenvalue weighted by Gasteiger charge is -2.25. The molecule has 0 aromatic heterocycles. The van der Waals surface area contributed by atoms with E-state index in [2.05, 4.69) is 43.4 Å². The summed E-state index contributed by atoms with van der Waals surface area (Å²) in [5, 5.41) is 3.45. The van der Waals surface area contributed by atoms with Crippen LogP contribution in [-0.4, -0.2) is 13.2 Å². The van der Waals surface area contributed by atoms with Gasteiger partial charge in [0.2, 0.25) is 0 Å². The van der Waals surface area contributed by atoms with E-state index in [1.54, 1.807) is 0 Å². The summed E-state index contributed by atoms with van der Waals surface area (Å²) in [6.45, 7) is 7.36. The minimum atomic E-state index is 0.704. The van der Waals surface area contributed by atoms with Crippen LogP contribution < -0.4 is 10.1 Å². The molecule has 0 radical (unpaired) electrons. The number of nitrogens with one attached hydrogen (secondary N) is 1. The molecule has 2 heteroatoms. The van der Waals surface area contributed by atoms with Crippen LogP contribution in [0.5, 0.6) is 5.75 Å². The Balaban J connectivity index is 1.70. The molecule has 0 unspecified atom stereocenters. The van der Waals surface area contributed by atoms with E-state index in [-0.39, 0.29) is 0 Å². The van der Waals surface area contributed by atoms with Crippen molar-refractivity contribution >= 4 is 0 Å². The number of ether oxygens (including phenoxy) is 1. The van der Waals surface area contributed by atoms with Crippen LogP contribution in [0.15, 0.2) is 24.3 Å². The maximum Gasteiger partial charge on any atom is 0.119 e. The van der Waals surface area contributed by atoms with Crippen LogP contribution in [-0.2, 0) is 6.54 Å². The average molecular weight is 247 g/mol. The normalized spacial score (nSPS) is 15.7. The Bertz CT molecular complexity index is 341. The topological polar surface area (TPSA) is 21.3 Å². The predicted molar refractivity (Wildman–Crippen MR) is 75.8 cm³/mol. The summed E-state index contributed by atoms with van der Waals surface area (Å²) >= 11 is 0. The van der Waals surface area contributed by atoms with Crippen LogP contribution in [0.4, 0.5) is 0 Å². The second kappa shape index (κ2) is 6.79. The minimum absolute atomic E-state index is 0.704. The van der Waals surface area contributed by atoms with E-state index in [0.717, 1.165) is 31.4 Å². The standard InChI is InChI=1S/C16H25NO/c1-13(2)10-17-11-14-6-8-16(9-7-14)18-12-15-4-3-5-15/h6-9,13,15,17H,3-5,10-12H2,1-2H3. The lowest BCUT2D eigenvalue weighted by atomic mass is 9.86. The van der Waals surface area contributed by atoms with Crippen molar-refractivity contribution in [3.8, 4) is 5.75 Å². The first kappa shape index (κ1) is 13.4. The quantitative estimate of drug-likeness (QED) is 0.794. The van der Waals surface area contributed by atoms with E-state index in [9.17, 15) is 0 Å². The van der Waals surface area contributed by atoms with Gasteiger partial charge in [0.15, 0.2) is 0 Å². The maximum atomic E-state index is 5.79. The second-order valence-corrected chi connectivity index (χ2v) is 5.78. The molecule has 0 bridgehead atoms. The fraction of sp³-hybridized carbons (Fsp3) is 0.625. The molecule has 2 nitrogen and oxygen atoms in total. The van der Waals surface area contributed by atoms with Crippen LogP contribution in [0.25, 0.3) is 0 Å². The number of hydrogen-bond donors (Lipinski definition) is 1. The highest BCUT2D eigenvalue weighted by Gasteiger charge is 2.17. The van der Waals surface area contributed by atoms with Crippen molar-refractivity contribution in [2.75, 3.05) is 13.2 Å². The van der Waals surface area contributed by atoms with Crippen LogP contribution in [0.2, 0.25) is 0 Å². The predicted octanol–water partition coefficient (Wildman–Crippen LogP) is 3.61. The molecule has 2 rings (SSSR count). The van der Waals surface area contributed by atoms with Gasteiger partial charge in [0.1, 0.15) is 5.75 Å². The maximum absolute atomic E-state index is 5.79. The highest BCUT2D eigenvalue weighted by molar-refractivity contribution is 5.27. The number of benzene rings is 1. The molecule has 1 aliphatic carbocycles. The third kappa shape index (κ3) is 4.34. The van der Waals surface area contributed by atoms with E-state index in [1.807, 2.05) is 0 Å². The largest absolute Gasteiger partial charge is 0.493 e. The van der Waals surface area contributed by atoms with Crippen LogP contribution >= 0.6 is 0 Å². The molecule has 1 aromatic rings. The molecule has 0 heterocycles. The summed E-state index contributed by atoms with van der Waals surface area (Å²) in [5.41, 5.74) is 1.33. The Morgan fingerprint density at radius 3 is 2.50 bits per heavy atom. The van der Waals surface area contributed by atoms with E-state index in [4.69, 9.17) is 4.74 Å². The van der Waals surface area contributed by atoms with Crippen molar-refractivity contribution in [1.29, 1.82) is 0 Å². The van der Waals surface area contributed by atoms with Gasteiger partial charge in [-0.1, -0.05) is 32.4 Å². The van der Waals surface area contributed by atoms with Crippen LogP contribution in [0.1, 0.15) is 38.7 Å². The lowest BCUT2D eigenvalue weighted by molar-refractivity contribution is 0.180. The zero-order valence-corrected chi connectivity index (χ0v) is 11.6. The average Bonchev–Trinajstić information content (AvgIpc) is 2.28. The smallest absolute Gasteiger partial charge is 0.119 e. The Kier molecular flexibility index (Phi) is 5.06. The Labute approximate surface area is 111 Å². The molecule has 18 heavy (non-hydrogen) atoms. The summed E-state index contributed by atoms with van der Waals surface area (Å²) in [5.74, 6) is 2.52. The lowest BCUT2D eigenvalue weighted by Crippen LogP contribution is -2.19. The van der Waals surface area contributed by atoms with Crippen molar-refractivity contribution in [1.82, 2.24) is 5.32 Å². The molecule has 1 aromatic carbocycles. The Hall–Kier alpha value is -1.02. The van der Waals surface area contributed by atoms with Gasteiger partial charge in [0.05, 0.1) is 6.61 Å². The highest BCUT2D eigenvalue weighted by atomic mass is 16.5. The van der Waals surface area contributed by atoms with Gasteiger partial charge in [0.25, 0.3) is 0 Å². The van der Waals surface area contributed by atoms with Gasteiger partial charge in [0, 0.05) is 6.54 Å². The van der Waals surface area contributed by atoms with Crippen molar-refractivity contribution in [2.24, 2.45) is 11.8 Å². The van der Waals surface area contributed by atoms with E-state index in [1.165, 1.54) is 24.8 Å². The third-order valence-electron chi connectivity index (χ3n) is 3.52. The first-order chi connectivity index (χ1) is 8.74. The minimum Gasteiger partial charge on any atom is -0.493 e. The van der Waals surface area contributed by atoms with E-state index < -0.39 is 0 Å². The molecule has 1 aliphatic rings. The Morgan fingerprint density at radius 1 is 1.22 bits per heavy atom. The summed E-state index contributed by atoms with van der Waals surface area (Å²) in [6.07, 6.45) is 4.07. The van der Waals surface area contributed by atoms with Crippen LogP contribution in [0, 0.1) is 11.8 Å². The van der Waals surface area contributed by atoms with E-state index in [0.29, 0.717) is 5.92 Å². The summed E-state index contributed by atoms with van der Waals surface area (Å²) in [6, 6.07) is 8.49. The van der Waals surface area contributed by atoms with Gasteiger partial charge in [-0.25, -0.2) is 0 Å². The summed E-state index contributed by atoms with van der Waals surface area (Å²) in [4.78, 5) is 0. The third-order valence-corrected chi connectivity index (χ3v) is 3.52. The molecule has 0 aliphatic heterocycles. The molecule has 1 fully saturated rings. The molecule has 1 N–H and O–H groups in total. The zero-order valence-electron chi connectivity index (χ0n) is 11.6. The fourth-order valence-corrected chi connectivity index (χ4v) is 2.08.